The molecule has 2 N–H and O–H groups in total. The van der Waals surface area contributed by atoms with Crippen LogP contribution in [0.5, 0.6) is 0 Å². The minimum Gasteiger partial charge on any atom is -0.392 e. The summed E-state index contributed by atoms with van der Waals surface area (Å²) in [5, 5.41) is 14.7. The zero-order chi connectivity index (χ0) is 10.8. The number of fused-ring (bicyclic) bond motifs is 1. The first kappa shape index (κ1) is 10.1. The number of hydrogen-bond acceptors (Lipinski definition) is 2. The van der Waals surface area contributed by atoms with E-state index in [9.17, 15) is 5.11 Å². The van der Waals surface area contributed by atoms with Crippen LogP contribution in [0, 0.1) is 0 Å². The molecule has 0 atom stereocenters. The second-order valence-corrected chi connectivity index (χ2v) is 3.77. The molecule has 2 nitrogen and oxygen atoms in total. The van der Waals surface area contributed by atoms with E-state index in [0.29, 0.717) is 0 Å². The maximum Gasteiger partial charge on any atom is 0.139 e. The summed E-state index contributed by atoms with van der Waals surface area (Å²) in [6, 6.07) is 10.4. The Labute approximate surface area is 90.3 Å². The van der Waals surface area contributed by atoms with Gasteiger partial charge in [-0.15, -0.1) is 0 Å². The Bertz CT molecular complexity index is 496. The molecule has 2 rings (SSSR count). The number of aliphatic hydroxyl groups is 1. The molecular weight excluding hydrogens is 185 g/mol. The Hall–Kier alpha value is -1.48. The molecule has 3 heteroatoms. The average Bonchev–Trinajstić information content (AvgIpc) is 2.27. The van der Waals surface area contributed by atoms with Crippen molar-refractivity contribution in [3.8, 4) is 0 Å². The maximum atomic E-state index is 9.24. The summed E-state index contributed by atoms with van der Waals surface area (Å²) in [7, 11) is 3.94. The molecule has 0 spiro atoms. The van der Waals surface area contributed by atoms with Gasteiger partial charge in [0.2, 0.25) is 0 Å². The van der Waals surface area contributed by atoms with Crippen LogP contribution in [0.4, 0.5) is 5.69 Å². The molecule has 0 fully saturated rings. The quantitative estimate of drug-likeness (QED) is 0.695. The van der Waals surface area contributed by atoms with Crippen LogP contribution in [0.1, 0.15) is 5.56 Å². The number of rotatable bonds is 2. The van der Waals surface area contributed by atoms with Crippen molar-refractivity contribution in [3.05, 3.63) is 35.9 Å². The molecule has 2 aromatic rings. The number of anilines is 1. The molecule has 0 unspecified atom stereocenters. The lowest BCUT2D eigenvalue weighted by atomic mass is 9.92. The minimum absolute atomic E-state index is 0.0695. The highest BCUT2D eigenvalue weighted by molar-refractivity contribution is 6.33. The highest BCUT2D eigenvalue weighted by Crippen LogP contribution is 2.23. The van der Waals surface area contributed by atoms with Gasteiger partial charge in [0.1, 0.15) is 7.85 Å². The van der Waals surface area contributed by atoms with Crippen LogP contribution in [-0.4, -0.2) is 20.0 Å². The molecule has 0 bridgehead atoms. The molecule has 0 saturated carbocycles. The van der Waals surface area contributed by atoms with Gasteiger partial charge in [-0.05, 0) is 22.9 Å². The molecule has 0 heterocycles. The molecule has 0 aliphatic carbocycles. The third kappa shape index (κ3) is 1.83. The molecule has 0 radical (unpaired) electrons. The van der Waals surface area contributed by atoms with Gasteiger partial charge in [-0.3, -0.25) is 0 Å². The van der Waals surface area contributed by atoms with E-state index in [2.05, 4.69) is 37.4 Å². The SMILES string of the molecule is Bc1ccc2cc(NC)c(CO)cc2c1. The average molecular weight is 199 g/mol. The Morgan fingerprint density at radius 3 is 2.67 bits per heavy atom. The fourth-order valence-corrected chi connectivity index (χ4v) is 1.83. The molecular formula is C12H14BNO. The van der Waals surface area contributed by atoms with Crippen molar-refractivity contribution in [1.82, 2.24) is 0 Å². The summed E-state index contributed by atoms with van der Waals surface area (Å²) in [5.74, 6) is 0. The molecule has 0 aliphatic heterocycles. The van der Waals surface area contributed by atoms with Gasteiger partial charge in [-0.2, -0.15) is 0 Å². The van der Waals surface area contributed by atoms with Gasteiger partial charge >= 0.3 is 0 Å². The lowest BCUT2D eigenvalue weighted by molar-refractivity contribution is 0.282. The van der Waals surface area contributed by atoms with Crippen LogP contribution in [0.3, 0.4) is 0 Å². The van der Waals surface area contributed by atoms with Gasteiger partial charge in [0.25, 0.3) is 0 Å². The van der Waals surface area contributed by atoms with E-state index in [1.54, 1.807) is 0 Å². The molecule has 0 saturated heterocycles. The second-order valence-electron chi connectivity index (χ2n) is 3.77. The number of benzene rings is 2. The van der Waals surface area contributed by atoms with E-state index in [4.69, 9.17) is 0 Å². The van der Waals surface area contributed by atoms with Crippen molar-refractivity contribution < 1.29 is 5.11 Å². The molecule has 2 aromatic carbocycles. The monoisotopic (exact) mass is 199 g/mol. The Morgan fingerprint density at radius 2 is 2.00 bits per heavy atom. The van der Waals surface area contributed by atoms with Crippen molar-refractivity contribution in [1.29, 1.82) is 0 Å². The first-order chi connectivity index (χ1) is 7.24. The largest absolute Gasteiger partial charge is 0.392 e. The zero-order valence-corrected chi connectivity index (χ0v) is 9.04. The van der Waals surface area contributed by atoms with Gasteiger partial charge in [-0.1, -0.05) is 23.7 Å². The normalized spacial score (nSPS) is 10.5. The van der Waals surface area contributed by atoms with Crippen molar-refractivity contribution in [2.75, 3.05) is 12.4 Å². The molecule has 0 aliphatic rings. The van der Waals surface area contributed by atoms with Crippen molar-refractivity contribution in [2.45, 2.75) is 6.61 Å². The summed E-state index contributed by atoms with van der Waals surface area (Å²) in [6.07, 6.45) is 0. The zero-order valence-electron chi connectivity index (χ0n) is 9.04. The van der Waals surface area contributed by atoms with E-state index < -0.39 is 0 Å². The van der Waals surface area contributed by atoms with Gasteiger partial charge < -0.3 is 10.4 Å². The highest BCUT2D eigenvalue weighted by Gasteiger charge is 2.02. The van der Waals surface area contributed by atoms with E-state index in [1.165, 1.54) is 16.2 Å². The fourth-order valence-electron chi connectivity index (χ4n) is 1.83. The number of aliphatic hydroxyl groups excluding tert-OH is 1. The molecule has 0 amide bonds. The van der Waals surface area contributed by atoms with Crippen LogP contribution in [-0.2, 0) is 6.61 Å². The van der Waals surface area contributed by atoms with E-state index in [-0.39, 0.29) is 6.61 Å². The Balaban J connectivity index is 2.69. The van der Waals surface area contributed by atoms with Crippen molar-refractivity contribution >= 4 is 29.8 Å². The topological polar surface area (TPSA) is 32.3 Å². The first-order valence-corrected chi connectivity index (χ1v) is 5.06. The van der Waals surface area contributed by atoms with E-state index in [0.717, 1.165) is 11.3 Å². The maximum absolute atomic E-state index is 9.24. The highest BCUT2D eigenvalue weighted by atomic mass is 16.3. The first-order valence-electron chi connectivity index (χ1n) is 5.06. The van der Waals surface area contributed by atoms with Gasteiger partial charge in [0.05, 0.1) is 6.61 Å². The molecule has 15 heavy (non-hydrogen) atoms. The summed E-state index contributed by atoms with van der Waals surface area (Å²) in [4.78, 5) is 0. The lowest BCUT2D eigenvalue weighted by Gasteiger charge is -2.09. The summed E-state index contributed by atoms with van der Waals surface area (Å²) in [5.41, 5.74) is 3.17. The van der Waals surface area contributed by atoms with Crippen LogP contribution in [0.25, 0.3) is 10.8 Å². The molecule has 76 valence electrons. The summed E-state index contributed by atoms with van der Waals surface area (Å²) >= 11 is 0. The number of hydrogen-bond donors (Lipinski definition) is 2. The standard InChI is InChI=1S/C12H14BNO/c1-14-12-6-8-2-3-11(13)5-9(8)4-10(12)7-15/h2-6,14-15H,7,13H2,1H3. The summed E-state index contributed by atoms with van der Waals surface area (Å²) in [6.45, 7) is 0.0695. The minimum atomic E-state index is 0.0695. The van der Waals surface area contributed by atoms with Crippen LogP contribution in [0.15, 0.2) is 30.3 Å². The van der Waals surface area contributed by atoms with Gasteiger partial charge in [0, 0.05) is 18.3 Å². The van der Waals surface area contributed by atoms with Crippen LogP contribution >= 0.6 is 0 Å². The Kier molecular flexibility index (Phi) is 2.65. The molecule has 0 aromatic heterocycles. The van der Waals surface area contributed by atoms with Crippen LogP contribution in [0.2, 0.25) is 0 Å². The third-order valence-corrected chi connectivity index (χ3v) is 2.66. The number of nitrogens with one attached hydrogen (secondary N) is 1. The second kappa shape index (κ2) is 3.95. The fraction of sp³-hybridized carbons (Fsp3) is 0.167. The Morgan fingerprint density at radius 1 is 1.20 bits per heavy atom. The van der Waals surface area contributed by atoms with E-state index in [1.807, 2.05) is 13.1 Å². The van der Waals surface area contributed by atoms with Gasteiger partial charge in [-0.25, -0.2) is 0 Å². The van der Waals surface area contributed by atoms with Crippen molar-refractivity contribution in [3.63, 3.8) is 0 Å². The van der Waals surface area contributed by atoms with Crippen molar-refractivity contribution in [2.24, 2.45) is 0 Å². The van der Waals surface area contributed by atoms with E-state index >= 15 is 0 Å². The third-order valence-electron chi connectivity index (χ3n) is 2.66. The lowest BCUT2D eigenvalue weighted by Crippen LogP contribution is -2.01. The smallest absolute Gasteiger partial charge is 0.139 e. The predicted molar refractivity (Wildman–Crippen MR) is 67.6 cm³/mol. The summed E-state index contributed by atoms with van der Waals surface area (Å²) < 4.78 is 0. The predicted octanol–water partition coefficient (Wildman–Crippen LogP) is 0.632. The van der Waals surface area contributed by atoms with Crippen LogP contribution < -0.4 is 10.8 Å². The van der Waals surface area contributed by atoms with Gasteiger partial charge in [0.15, 0.2) is 0 Å².